The molecule has 0 fully saturated rings. The molecule has 0 bridgehead atoms. The Hall–Kier alpha value is -1.61. The van der Waals surface area contributed by atoms with E-state index >= 15 is 0 Å². The number of aryl methyl sites for hydroxylation is 2. The maximum Gasteiger partial charge on any atom is 0.140 e. The highest BCUT2D eigenvalue weighted by Gasteiger charge is 2.09. The number of rotatable bonds is 6. The summed E-state index contributed by atoms with van der Waals surface area (Å²) in [5, 5.41) is 3.45. The number of nitrogens with zero attached hydrogens (tertiary/aromatic N) is 2. The van der Waals surface area contributed by atoms with E-state index in [-0.39, 0.29) is 0 Å². The van der Waals surface area contributed by atoms with Crippen LogP contribution in [0.5, 0.6) is 0 Å². The number of nitrogens with one attached hydrogen (secondary N) is 1. The highest BCUT2D eigenvalue weighted by molar-refractivity contribution is 5.61. The van der Waals surface area contributed by atoms with Crippen LogP contribution >= 0.6 is 0 Å². The molecule has 3 heteroatoms. The second kappa shape index (κ2) is 6.71. The third-order valence-electron chi connectivity index (χ3n) is 3.43. The first-order valence-corrected chi connectivity index (χ1v) is 7.46. The average molecular weight is 271 g/mol. The van der Waals surface area contributed by atoms with Gasteiger partial charge in [0.15, 0.2) is 0 Å². The minimum absolute atomic E-state index is 0.512. The molecule has 108 valence electrons. The van der Waals surface area contributed by atoms with Gasteiger partial charge in [-0.25, -0.2) is 4.98 Å². The van der Waals surface area contributed by atoms with Crippen LogP contribution in [0.2, 0.25) is 0 Å². The molecule has 0 amide bonds. The molecule has 1 aromatic carbocycles. The molecule has 0 aliphatic heterocycles. The predicted octanol–water partition coefficient (Wildman–Crippen LogP) is 3.77. The number of benzene rings is 1. The lowest BCUT2D eigenvalue weighted by Gasteiger charge is -2.12. The largest absolute Gasteiger partial charge is 0.331 e. The maximum atomic E-state index is 4.52. The zero-order chi connectivity index (χ0) is 14.5. The Labute approximate surface area is 122 Å². The Bertz CT molecular complexity index is 555. The van der Waals surface area contributed by atoms with Gasteiger partial charge in [0.05, 0.1) is 0 Å². The van der Waals surface area contributed by atoms with Crippen LogP contribution in [0, 0.1) is 6.92 Å². The van der Waals surface area contributed by atoms with Crippen molar-refractivity contribution >= 4 is 0 Å². The average Bonchev–Trinajstić information content (AvgIpc) is 2.85. The minimum atomic E-state index is 0.512. The zero-order valence-electron chi connectivity index (χ0n) is 13.0. The number of aromatic nitrogens is 2. The molecular weight excluding hydrogens is 246 g/mol. The van der Waals surface area contributed by atoms with Gasteiger partial charge in [-0.05, 0) is 24.5 Å². The van der Waals surface area contributed by atoms with Crippen molar-refractivity contribution in [2.24, 2.45) is 0 Å². The summed E-state index contributed by atoms with van der Waals surface area (Å²) in [4.78, 5) is 4.52. The summed E-state index contributed by atoms with van der Waals surface area (Å²) in [5.41, 5.74) is 3.85. The van der Waals surface area contributed by atoms with E-state index in [1.165, 1.54) is 16.7 Å². The first-order valence-electron chi connectivity index (χ1n) is 7.46. The van der Waals surface area contributed by atoms with E-state index in [0.717, 1.165) is 25.3 Å². The van der Waals surface area contributed by atoms with Crippen LogP contribution in [0.25, 0.3) is 11.4 Å². The van der Waals surface area contributed by atoms with Crippen molar-refractivity contribution in [1.29, 1.82) is 0 Å². The molecule has 1 N–H and O–H groups in total. The lowest BCUT2D eigenvalue weighted by atomic mass is 10.0. The molecule has 0 aliphatic carbocycles. The summed E-state index contributed by atoms with van der Waals surface area (Å²) >= 11 is 0. The van der Waals surface area contributed by atoms with E-state index in [0.29, 0.717) is 6.04 Å². The van der Waals surface area contributed by atoms with E-state index in [9.17, 15) is 0 Å². The molecule has 0 atom stereocenters. The molecule has 20 heavy (non-hydrogen) atoms. The smallest absolute Gasteiger partial charge is 0.140 e. The summed E-state index contributed by atoms with van der Waals surface area (Å²) in [5.74, 6) is 1.08. The summed E-state index contributed by atoms with van der Waals surface area (Å²) in [6.45, 7) is 10.6. The van der Waals surface area contributed by atoms with Crippen LogP contribution in [0.3, 0.4) is 0 Å². The SMILES string of the molecule is CCCn1ccnc1-c1ccc(CNC(C)C)cc1C. The second-order valence-corrected chi connectivity index (χ2v) is 5.63. The predicted molar refractivity (Wildman–Crippen MR) is 84.7 cm³/mol. The molecule has 0 aliphatic rings. The molecule has 0 radical (unpaired) electrons. The van der Waals surface area contributed by atoms with Crippen molar-refractivity contribution in [3.05, 3.63) is 41.7 Å². The lowest BCUT2D eigenvalue weighted by Crippen LogP contribution is -2.21. The Morgan fingerprint density at radius 2 is 2.10 bits per heavy atom. The van der Waals surface area contributed by atoms with Gasteiger partial charge in [0.25, 0.3) is 0 Å². The molecule has 1 heterocycles. The number of hydrogen-bond acceptors (Lipinski definition) is 2. The summed E-state index contributed by atoms with van der Waals surface area (Å²) in [6.07, 6.45) is 5.07. The molecule has 2 rings (SSSR count). The van der Waals surface area contributed by atoms with Crippen molar-refractivity contribution in [1.82, 2.24) is 14.9 Å². The molecule has 1 aromatic heterocycles. The summed E-state index contributed by atoms with van der Waals surface area (Å²) in [6, 6.07) is 7.16. The summed E-state index contributed by atoms with van der Waals surface area (Å²) in [7, 11) is 0. The van der Waals surface area contributed by atoms with Crippen molar-refractivity contribution in [3.8, 4) is 11.4 Å². The zero-order valence-corrected chi connectivity index (χ0v) is 13.0. The molecule has 0 saturated carbocycles. The number of imidazole rings is 1. The van der Waals surface area contributed by atoms with Gasteiger partial charge >= 0.3 is 0 Å². The van der Waals surface area contributed by atoms with Gasteiger partial charge in [-0.1, -0.05) is 39.0 Å². The number of hydrogen-bond donors (Lipinski definition) is 1. The standard InChI is InChI=1S/C17H25N3/c1-5-9-20-10-8-18-17(20)16-7-6-15(11-14(16)4)12-19-13(2)3/h6-8,10-11,13,19H,5,9,12H2,1-4H3. The van der Waals surface area contributed by atoms with Crippen LogP contribution in [0.1, 0.15) is 38.3 Å². The van der Waals surface area contributed by atoms with Gasteiger partial charge in [-0.3, -0.25) is 0 Å². The molecule has 0 unspecified atom stereocenters. The molecular formula is C17H25N3. The van der Waals surface area contributed by atoms with E-state index in [2.05, 4.69) is 67.0 Å². The van der Waals surface area contributed by atoms with E-state index in [1.807, 2.05) is 6.20 Å². The highest BCUT2D eigenvalue weighted by atomic mass is 15.1. The lowest BCUT2D eigenvalue weighted by molar-refractivity contribution is 0.588. The first-order chi connectivity index (χ1) is 9.61. The van der Waals surface area contributed by atoms with E-state index in [1.54, 1.807) is 0 Å². The molecule has 3 nitrogen and oxygen atoms in total. The van der Waals surface area contributed by atoms with Crippen molar-refractivity contribution < 1.29 is 0 Å². The van der Waals surface area contributed by atoms with Gasteiger partial charge in [0.1, 0.15) is 5.82 Å². The Kier molecular flexibility index (Phi) is 4.96. The van der Waals surface area contributed by atoms with Crippen LogP contribution in [0.15, 0.2) is 30.6 Å². The first kappa shape index (κ1) is 14.8. The highest BCUT2D eigenvalue weighted by Crippen LogP contribution is 2.23. The monoisotopic (exact) mass is 271 g/mol. The Balaban J connectivity index is 2.23. The fraction of sp³-hybridized carbons (Fsp3) is 0.471. The normalized spacial score (nSPS) is 11.2. The quantitative estimate of drug-likeness (QED) is 0.867. The molecule has 0 spiro atoms. The van der Waals surface area contributed by atoms with Gasteiger partial charge in [-0.2, -0.15) is 0 Å². The van der Waals surface area contributed by atoms with E-state index < -0.39 is 0 Å². The van der Waals surface area contributed by atoms with Crippen LogP contribution in [-0.2, 0) is 13.1 Å². The van der Waals surface area contributed by atoms with Gasteiger partial charge < -0.3 is 9.88 Å². The van der Waals surface area contributed by atoms with Crippen molar-refractivity contribution in [3.63, 3.8) is 0 Å². The Morgan fingerprint density at radius 3 is 2.75 bits per heavy atom. The topological polar surface area (TPSA) is 29.9 Å². The minimum Gasteiger partial charge on any atom is -0.331 e. The molecule has 2 aromatic rings. The van der Waals surface area contributed by atoms with Crippen molar-refractivity contribution in [2.75, 3.05) is 0 Å². The fourth-order valence-electron chi connectivity index (χ4n) is 2.38. The summed E-state index contributed by atoms with van der Waals surface area (Å²) < 4.78 is 2.23. The van der Waals surface area contributed by atoms with Crippen molar-refractivity contribution in [2.45, 2.75) is 53.2 Å². The third kappa shape index (κ3) is 3.48. The molecule has 0 saturated heterocycles. The second-order valence-electron chi connectivity index (χ2n) is 5.63. The Morgan fingerprint density at radius 1 is 1.30 bits per heavy atom. The van der Waals surface area contributed by atoms with Crippen LogP contribution < -0.4 is 5.32 Å². The van der Waals surface area contributed by atoms with Gasteiger partial charge in [0.2, 0.25) is 0 Å². The van der Waals surface area contributed by atoms with Gasteiger partial charge in [0, 0.05) is 37.1 Å². The fourth-order valence-corrected chi connectivity index (χ4v) is 2.38. The van der Waals surface area contributed by atoms with Crippen LogP contribution in [0.4, 0.5) is 0 Å². The van der Waals surface area contributed by atoms with Gasteiger partial charge in [-0.15, -0.1) is 0 Å². The van der Waals surface area contributed by atoms with E-state index in [4.69, 9.17) is 0 Å². The van der Waals surface area contributed by atoms with Crippen LogP contribution in [-0.4, -0.2) is 15.6 Å². The maximum absolute atomic E-state index is 4.52. The third-order valence-corrected chi connectivity index (χ3v) is 3.43.